The van der Waals surface area contributed by atoms with Gasteiger partial charge in [0.05, 0.1) is 11.2 Å². The van der Waals surface area contributed by atoms with Crippen molar-refractivity contribution in [1.82, 2.24) is 4.98 Å². The lowest BCUT2D eigenvalue weighted by molar-refractivity contribution is 0.661. The van der Waals surface area contributed by atoms with Crippen molar-refractivity contribution >= 4 is 38.7 Å². The van der Waals surface area contributed by atoms with Crippen molar-refractivity contribution in [2.75, 3.05) is 4.90 Å². The first-order valence-electron chi connectivity index (χ1n) is 18.7. The molecule has 0 atom stereocenters. The number of fused-ring (bicyclic) bond motifs is 7. The first kappa shape index (κ1) is 31.9. The SMILES string of the molecule is CC1(C)c2ccccc2-c2c1ccc1c(-c3ccc(N(c4ccc(-c5ccccc5)cc4)c4ccc(-c5ccccc5)cc4)cc3)nc3ccccc3c21. The van der Waals surface area contributed by atoms with Crippen LogP contribution >= 0.6 is 0 Å². The van der Waals surface area contributed by atoms with Crippen LogP contribution in [0.25, 0.3) is 66.3 Å². The van der Waals surface area contributed by atoms with Crippen LogP contribution in [0, 0.1) is 0 Å². The van der Waals surface area contributed by atoms with Crippen LogP contribution in [0.3, 0.4) is 0 Å². The molecule has 1 aromatic heterocycles. The van der Waals surface area contributed by atoms with Crippen molar-refractivity contribution in [3.8, 4) is 44.6 Å². The molecule has 10 rings (SSSR count). The lowest BCUT2D eigenvalue weighted by Gasteiger charge is -2.26. The van der Waals surface area contributed by atoms with E-state index in [1.165, 1.54) is 60.7 Å². The summed E-state index contributed by atoms with van der Waals surface area (Å²) in [6.45, 7) is 4.70. The zero-order valence-corrected chi connectivity index (χ0v) is 30.4. The second-order valence-corrected chi connectivity index (χ2v) is 14.8. The van der Waals surface area contributed by atoms with Gasteiger partial charge in [-0.3, -0.25) is 0 Å². The third-order valence-electron chi connectivity index (χ3n) is 11.3. The van der Waals surface area contributed by atoms with Crippen LogP contribution in [-0.2, 0) is 5.41 Å². The summed E-state index contributed by atoms with van der Waals surface area (Å²) in [4.78, 5) is 7.68. The van der Waals surface area contributed by atoms with Gasteiger partial charge in [0.2, 0.25) is 0 Å². The number of hydrogen-bond donors (Lipinski definition) is 0. The minimum atomic E-state index is -0.0750. The number of benzene rings is 8. The molecule has 0 radical (unpaired) electrons. The highest BCUT2D eigenvalue weighted by molar-refractivity contribution is 6.19. The Labute approximate surface area is 316 Å². The minimum absolute atomic E-state index is 0.0750. The van der Waals surface area contributed by atoms with Crippen LogP contribution in [0.4, 0.5) is 17.1 Å². The van der Waals surface area contributed by atoms with E-state index in [0.717, 1.165) is 33.8 Å². The highest BCUT2D eigenvalue weighted by Crippen LogP contribution is 2.53. The fraction of sp³-hybridized carbons (Fsp3) is 0.0577. The number of pyridine rings is 1. The van der Waals surface area contributed by atoms with Gasteiger partial charge in [-0.25, -0.2) is 4.98 Å². The maximum atomic E-state index is 5.35. The maximum absolute atomic E-state index is 5.35. The molecule has 1 aliphatic carbocycles. The summed E-state index contributed by atoms with van der Waals surface area (Å²) in [6.07, 6.45) is 0. The molecule has 0 aliphatic heterocycles. The second kappa shape index (κ2) is 12.7. The van der Waals surface area contributed by atoms with Gasteiger partial charge in [-0.2, -0.15) is 0 Å². The lowest BCUT2D eigenvalue weighted by atomic mass is 9.82. The molecule has 8 aromatic carbocycles. The number of hydrogen-bond acceptors (Lipinski definition) is 2. The van der Waals surface area contributed by atoms with E-state index >= 15 is 0 Å². The molecule has 0 N–H and O–H groups in total. The van der Waals surface area contributed by atoms with Crippen molar-refractivity contribution in [2.45, 2.75) is 19.3 Å². The summed E-state index contributed by atoms with van der Waals surface area (Å²) < 4.78 is 0. The van der Waals surface area contributed by atoms with Gasteiger partial charge in [-0.1, -0.05) is 166 Å². The third-order valence-corrected chi connectivity index (χ3v) is 11.3. The van der Waals surface area contributed by atoms with E-state index in [2.05, 4.69) is 213 Å². The normalized spacial score (nSPS) is 12.8. The molecular formula is C52H38N2. The second-order valence-electron chi connectivity index (χ2n) is 14.8. The van der Waals surface area contributed by atoms with E-state index in [-0.39, 0.29) is 5.41 Å². The van der Waals surface area contributed by atoms with Crippen molar-refractivity contribution < 1.29 is 0 Å². The summed E-state index contributed by atoms with van der Waals surface area (Å²) in [6, 6.07) is 70.0. The highest BCUT2D eigenvalue weighted by Gasteiger charge is 2.36. The zero-order chi connectivity index (χ0) is 36.2. The molecule has 0 bridgehead atoms. The molecule has 256 valence electrons. The Hall–Kier alpha value is -6.77. The molecule has 0 fully saturated rings. The van der Waals surface area contributed by atoms with Gasteiger partial charge in [-0.15, -0.1) is 0 Å². The average molecular weight is 691 g/mol. The van der Waals surface area contributed by atoms with E-state index in [9.17, 15) is 0 Å². The van der Waals surface area contributed by atoms with Gasteiger partial charge < -0.3 is 4.90 Å². The Bertz CT molecular complexity index is 2720. The van der Waals surface area contributed by atoms with Crippen LogP contribution in [0.2, 0.25) is 0 Å². The number of rotatable bonds is 6. The number of aromatic nitrogens is 1. The molecule has 2 nitrogen and oxygen atoms in total. The third kappa shape index (κ3) is 5.22. The van der Waals surface area contributed by atoms with E-state index in [4.69, 9.17) is 4.98 Å². The molecule has 0 saturated heterocycles. The summed E-state index contributed by atoms with van der Waals surface area (Å²) >= 11 is 0. The Morgan fingerprint density at radius 2 is 0.870 bits per heavy atom. The Balaban J connectivity index is 1.10. The number of para-hydroxylation sites is 1. The average Bonchev–Trinajstić information content (AvgIpc) is 3.48. The maximum Gasteiger partial charge on any atom is 0.0788 e. The summed E-state index contributed by atoms with van der Waals surface area (Å²) in [5.74, 6) is 0. The Kier molecular flexibility index (Phi) is 7.52. The highest BCUT2D eigenvalue weighted by atomic mass is 15.1. The summed E-state index contributed by atoms with van der Waals surface area (Å²) in [7, 11) is 0. The van der Waals surface area contributed by atoms with Gasteiger partial charge in [0.1, 0.15) is 0 Å². The predicted molar refractivity (Wildman–Crippen MR) is 228 cm³/mol. The van der Waals surface area contributed by atoms with E-state index < -0.39 is 0 Å². The number of anilines is 3. The molecule has 2 heteroatoms. The molecule has 54 heavy (non-hydrogen) atoms. The van der Waals surface area contributed by atoms with Crippen LogP contribution in [0.1, 0.15) is 25.0 Å². The van der Waals surface area contributed by atoms with Crippen LogP contribution in [-0.4, -0.2) is 4.98 Å². The summed E-state index contributed by atoms with van der Waals surface area (Å²) in [5, 5.41) is 3.66. The molecule has 0 spiro atoms. The fourth-order valence-electron chi connectivity index (χ4n) is 8.54. The Morgan fingerprint density at radius 3 is 1.46 bits per heavy atom. The largest absolute Gasteiger partial charge is 0.311 e. The molecule has 1 aliphatic rings. The Morgan fingerprint density at radius 1 is 0.389 bits per heavy atom. The smallest absolute Gasteiger partial charge is 0.0788 e. The van der Waals surface area contributed by atoms with Gasteiger partial charge in [0, 0.05) is 44.2 Å². The van der Waals surface area contributed by atoms with Crippen molar-refractivity contribution in [2.24, 2.45) is 0 Å². The van der Waals surface area contributed by atoms with Crippen molar-refractivity contribution in [1.29, 1.82) is 0 Å². The lowest BCUT2D eigenvalue weighted by Crippen LogP contribution is -2.14. The minimum Gasteiger partial charge on any atom is -0.311 e. The molecule has 0 unspecified atom stereocenters. The summed E-state index contributed by atoms with van der Waals surface area (Å²) in [5.41, 5.74) is 16.6. The van der Waals surface area contributed by atoms with Crippen LogP contribution < -0.4 is 4.90 Å². The first-order valence-corrected chi connectivity index (χ1v) is 18.7. The standard InChI is InChI=1S/C52H38N2/c1-52(2)46-19-11-9-17-43(46)50-47(52)34-33-45-49(50)44-18-10-12-20-48(44)53-51(45)39-25-31-42(32-26-39)54(40-27-21-37(22-28-40)35-13-5-3-6-14-35)41-29-23-38(24-30-41)36-15-7-4-8-16-36/h3-34H,1-2H3. The quantitative estimate of drug-likeness (QED) is 0.161. The van der Waals surface area contributed by atoms with Gasteiger partial charge >= 0.3 is 0 Å². The van der Waals surface area contributed by atoms with E-state index in [0.29, 0.717) is 0 Å². The zero-order valence-electron chi connectivity index (χ0n) is 30.4. The fourth-order valence-corrected chi connectivity index (χ4v) is 8.54. The topological polar surface area (TPSA) is 16.1 Å². The molecule has 0 saturated carbocycles. The van der Waals surface area contributed by atoms with E-state index in [1.807, 2.05) is 0 Å². The van der Waals surface area contributed by atoms with Gasteiger partial charge in [-0.05, 0) is 87.0 Å². The van der Waals surface area contributed by atoms with Crippen LogP contribution in [0.15, 0.2) is 194 Å². The van der Waals surface area contributed by atoms with Crippen molar-refractivity contribution in [3.05, 3.63) is 205 Å². The monoisotopic (exact) mass is 690 g/mol. The molecular weight excluding hydrogens is 653 g/mol. The first-order chi connectivity index (χ1) is 26.5. The van der Waals surface area contributed by atoms with Crippen molar-refractivity contribution in [3.63, 3.8) is 0 Å². The molecule has 0 amide bonds. The predicted octanol–water partition coefficient (Wildman–Crippen LogP) is 14.2. The van der Waals surface area contributed by atoms with Crippen LogP contribution in [0.5, 0.6) is 0 Å². The number of nitrogens with zero attached hydrogens (tertiary/aromatic N) is 2. The molecule has 1 heterocycles. The van der Waals surface area contributed by atoms with Gasteiger partial charge in [0.25, 0.3) is 0 Å². The molecule has 9 aromatic rings. The van der Waals surface area contributed by atoms with E-state index in [1.54, 1.807) is 0 Å². The van der Waals surface area contributed by atoms with Gasteiger partial charge in [0.15, 0.2) is 0 Å².